The molecule has 0 spiro atoms. The van der Waals surface area contributed by atoms with Crippen LogP contribution in [-0.2, 0) is 9.53 Å². The number of carbonyl (C=O) groups excluding carboxylic acids is 2. The van der Waals surface area contributed by atoms with Crippen LogP contribution in [0.3, 0.4) is 0 Å². The summed E-state index contributed by atoms with van der Waals surface area (Å²) in [4.78, 5) is 23.6. The van der Waals surface area contributed by atoms with Crippen molar-refractivity contribution >= 4 is 17.6 Å². The molecule has 0 aliphatic carbocycles. The van der Waals surface area contributed by atoms with Crippen LogP contribution in [-0.4, -0.2) is 24.5 Å². The molecule has 5 nitrogen and oxygen atoms in total. The molecule has 0 saturated carbocycles. The Balaban J connectivity index is 2.70. The van der Waals surface area contributed by atoms with E-state index < -0.39 is 23.8 Å². The topological polar surface area (TPSA) is 81.4 Å². The first-order chi connectivity index (χ1) is 9.72. The average molecular weight is 296 g/mol. The van der Waals surface area contributed by atoms with Crippen LogP contribution in [0, 0.1) is 18.7 Å². The predicted molar refractivity (Wildman–Crippen MR) is 78.3 cm³/mol. The zero-order valence-corrected chi connectivity index (χ0v) is 12.7. The second-order valence-corrected chi connectivity index (χ2v) is 5.36. The van der Waals surface area contributed by atoms with Crippen LogP contribution in [0.2, 0.25) is 0 Å². The number of nitrogens with one attached hydrogen (secondary N) is 1. The summed E-state index contributed by atoms with van der Waals surface area (Å²) in [6, 6.07) is 2.38. The van der Waals surface area contributed by atoms with Gasteiger partial charge in [0.25, 0.3) is 5.91 Å². The minimum atomic E-state index is -0.957. The number of esters is 1. The number of hydrogen-bond donors (Lipinski definition) is 2. The number of rotatable bonds is 5. The number of anilines is 1. The minimum Gasteiger partial charge on any atom is -0.449 e. The van der Waals surface area contributed by atoms with Crippen molar-refractivity contribution in [1.29, 1.82) is 0 Å². The molecule has 0 aliphatic heterocycles. The van der Waals surface area contributed by atoms with Crippen molar-refractivity contribution in [3.05, 3.63) is 29.1 Å². The Hall–Kier alpha value is -2.11. The highest BCUT2D eigenvalue weighted by molar-refractivity contribution is 5.93. The van der Waals surface area contributed by atoms with E-state index in [2.05, 4.69) is 5.32 Å². The van der Waals surface area contributed by atoms with Gasteiger partial charge in [-0.3, -0.25) is 4.79 Å². The molecule has 0 aromatic heterocycles. The lowest BCUT2D eigenvalue weighted by Gasteiger charge is -2.15. The van der Waals surface area contributed by atoms with Crippen molar-refractivity contribution < 1.29 is 18.7 Å². The van der Waals surface area contributed by atoms with Crippen LogP contribution in [0.15, 0.2) is 12.1 Å². The molecule has 1 rings (SSSR count). The summed E-state index contributed by atoms with van der Waals surface area (Å²) in [6.07, 6.45) is -0.957. The van der Waals surface area contributed by atoms with E-state index in [0.29, 0.717) is 12.5 Å². The third kappa shape index (κ3) is 4.73. The van der Waals surface area contributed by atoms with Gasteiger partial charge in [0.1, 0.15) is 5.82 Å². The number of carbonyl (C=O) groups is 2. The average Bonchev–Trinajstić information content (AvgIpc) is 2.41. The lowest BCUT2D eigenvalue weighted by molar-refractivity contribution is -0.129. The fraction of sp³-hybridized carbons (Fsp3) is 0.467. The Morgan fingerprint density at radius 3 is 2.48 bits per heavy atom. The Labute approximate surface area is 123 Å². The molecule has 1 unspecified atom stereocenters. The fourth-order valence-electron chi connectivity index (χ4n) is 1.55. The Morgan fingerprint density at radius 1 is 1.33 bits per heavy atom. The molecule has 0 heterocycles. The summed E-state index contributed by atoms with van der Waals surface area (Å²) in [5.74, 6) is -1.47. The molecule has 0 saturated heterocycles. The van der Waals surface area contributed by atoms with Crippen molar-refractivity contribution in [2.24, 2.45) is 5.92 Å². The van der Waals surface area contributed by atoms with Crippen LogP contribution < -0.4 is 11.1 Å². The minimum absolute atomic E-state index is 0.0147. The summed E-state index contributed by atoms with van der Waals surface area (Å²) < 4.78 is 18.5. The van der Waals surface area contributed by atoms with Gasteiger partial charge in [0.2, 0.25) is 0 Å². The largest absolute Gasteiger partial charge is 0.449 e. The number of hydrogen-bond acceptors (Lipinski definition) is 4. The van der Waals surface area contributed by atoms with Gasteiger partial charge in [0.15, 0.2) is 6.10 Å². The number of benzene rings is 1. The molecule has 1 aromatic rings. The molecular weight excluding hydrogens is 275 g/mol. The summed E-state index contributed by atoms with van der Waals surface area (Å²) in [7, 11) is 0. The number of amides is 1. The van der Waals surface area contributed by atoms with Gasteiger partial charge in [-0.2, -0.15) is 0 Å². The van der Waals surface area contributed by atoms with Gasteiger partial charge in [0, 0.05) is 17.8 Å². The van der Waals surface area contributed by atoms with Gasteiger partial charge >= 0.3 is 5.97 Å². The number of halogens is 1. The highest BCUT2D eigenvalue weighted by atomic mass is 19.1. The van der Waals surface area contributed by atoms with Crippen LogP contribution in [0.25, 0.3) is 0 Å². The SMILES string of the molecule is Cc1c(N)cc(C(=O)OC(C)C(=O)NCC(C)C)cc1F. The predicted octanol–water partition coefficient (Wildman–Crippen LogP) is 2.03. The zero-order valence-electron chi connectivity index (χ0n) is 12.7. The smallest absolute Gasteiger partial charge is 0.339 e. The molecular formula is C15H21FN2O3. The van der Waals surface area contributed by atoms with E-state index in [-0.39, 0.29) is 16.8 Å². The maximum Gasteiger partial charge on any atom is 0.339 e. The molecule has 0 bridgehead atoms. The summed E-state index contributed by atoms with van der Waals surface area (Å²) in [5, 5.41) is 2.66. The molecule has 21 heavy (non-hydrogen) atoms. The normalized spacial score (nSPS) is 12.1. The first-order valence-electron chi connectivity index (χ1n) is 6.76. The van der Waals surface area contributed by atoms with E-state index >= 15 is 0 Å². The summed E-state index contributed by atoms with van der Waals surface area (Å²) in [6.45, 7) is 7.37. The molecule has 1 aromatic carbocycles. The second kappa shape index (κ2) is 7.06. The maximum absolute atomic E-state index is 13.5. The van der Waals surface area contributed by atoms with E-state index in [4.69, 9.17) is 10.5 Å². The fourth-order valence-corrected chi connectivity index (χ4v) is 1.55. The quantitative estimate of drug-likeness (QED) is 0.643. The third-order valence-corrected chi connectivity index (χ3v) is 2.96. The monoisotopic (exact) mass is 296 g/mol. The van der Waals surface area contributed by atoms with E-state index in [1.165, 1.54) is 19.9 Å². The lowest BCUT2D eigenvalue weighted by Crippen LogP contribution is -2.37. The van der Waals surface area contributed by atoms with Crippen LogP contribution in [0.5, 0.6) is 0 Å². The standard InChI is InChI=1S/C15H21FN2O3/c1-8(2)7-18-14(19)10(4)21-15(20)11-5-12(16)9(3)13(17)6-11/h5-6,8,10H,7,17H2,1-4H3,(H,18,19). The van der Waals surface area contributed by atoms with E-state index in [0.717, 1.165) is 6.07 Å². The number of nitrogen functional groups attached to an aromatic ring is 1. The molecule has 116 valence electrons. The van der Waals surface area contributed by atoms with E-state index in [1.807, 2.05) is 13.8 Å². The summed E-state index contributed by atoms with van der Waals surface area (Å²) >= 11 is 0. The van der Waals surface area contributed by atoms with Crippen molar-refractivity contribution in [1.82, 2.24) is 5.32 Å². The molecule has 3 N–H and O–H groups in total. The van der Waals surface area contributed by atoms with Crippen LogP contribution in [0.1, 0.15) is 36.7 Å². The van der Waals surface area contributed by atoms with Crippen molar-refractivity contribution in [3.8, 4) is 0 Å². The number of ether oxygens (including phenoxy) is 1. The first kappa shape index (κ1) is 16.9. The lowest BCUT2D eigenvalue weighted by atomic mass is 10.1. The molecule has 0 radical (unpaired) electrons. The Bertz CT molecular complexity index is 521. The summed E-state index contributed by atoms with van der Waals surface area (Å²) in [5.41, 5.74) is 6.03. The highest BCUT2D eigenvalue weighted by Crippen LogP contribution is 2.18. The van der Waals surface area contributed by atoms with E-state index in [9.17, 15) is 14.0 Å². The maximum atomic E-state index is 13.5. The molecule has 0 aliphatic rings. The Kier molecular flexibility index (Phi) is 5.69. The molecule has 1 amide bonds. The number of nitrogens with two attached hydrogens (primary N) is 1. The van der Waals surface area contributed by atoms with E-state index in [1.54, 1.807) is 0 Å². The van der Waals surface area contributed by atoms with Gasteiger partial charge in [-0.05, 0) is 31.9 Å². The van der Waals surface area contributed by atoms with Crippen LogP contribution in [0.4, 0.5) is 10.1 Å². The van der Waals surface area contributed by atoms with Crippen molar-refractivity contribution in [2.45, 2.75) is 33.8 Å². The molecule has 1 atom stereocenters. The molecule has 6 heteroatoms. The van der Waals surface area contributed by atoms with Gasteiger partial charge in [-0.15, -0.1) is 0 Å². The van der Waals surface area contributed by atoms with Crippen molar-refractivity contribution in [3.63, 3.8) is 0 Å². The molecule has 0 fully saturated rings. The third-order valence-electron chi connectivity index (χ3n) is 2.96. The second-order valence-electron chi connectivity index (χ2n) is 5.36. The van der Waals surface area contributed by atoms with Gasteiger partial charge in [0.05, 0.1) is 5.56 Å². The van der Waals surface area contributed by atoms with Crippen molar-refractivity contribution in [2.75, 3.05) is 12.3 Å². The highest BCUT2D eigenvalue weighted by Gasteiger charge is 2.20. The first-order valence-corrected chi connectivity index (χ1v) is 6.76. The van der Waals surface area contributed by atoms with Gasteiger partial charge in [-0.1, -0.05) is 13.8 Å². The van der Waals surface area contributed by atoms with Gasteiger partial charge < -0.3 is 15.8 Å². The van der Waals surface area contributed by atoms with Crippen LogP contribution >= 0.6 is 0 Å². The Morgan fingerprint density at radius 2 is 1.95 bits per heavy atom. The van der Waals surface area contributed by atoms with Gasteiger partial charge in [-0.25, -0.2) is 9.18 Å². The zero-order chi connectivity index (χ0) is 16.2.